The van der Waals surface area contributed by atoms with Crippen LogP contribution in [0.2, 0.25) is 0 Å². The molecule has 0 N–H and O–H groups in total. The van der Waals surface area contributed by atoms with Gasteiger partial charge in [-0.15, -0.1) is 0 Å². The molecule has 96 valence electrons. The SMILES string of the molecule is [C-]#[N+]C1CCCCC1N=NC1CCCCC1C#N. The summed E-state index contributed by atoms with van der Waals surface area (Å²) in [6.45, 7) is 7.20. The molecule has 4 nitrogen and oxygen atoms in total. The normalized spacial score (nSPS) is 37.0. The molecule has 0 aromatic rings. The molecule has 2 fully saturated rings. The molecule has 0 aromatic carbocycles. The van der Waals surface area contributed by atoms with Crippen LogP contribution in [-0.4, -0.2) is 18.1 Å². The molecule has 0 saturated heterocycles. The van der Waals surface area contributed by atoms with Gasteiger partial charge < -0.3 is 4.85 Å². The fourth-order valence-electron chi connectivity index (χ4n) is 2.95. The fourth-order valence-corrected chi connectivity index (χ4v) is 2.95. The van der Waals surface area contributed by atoms with Crippen molar-refractivity contribution in [2.75, 3.05) is 0 Å². The van der Waals surface area contributed by atoms with Crippen LogP contribution in [0.3, 0.4) is 0 Å². The summed E-state index contributed by atoms with van der Waals surface area (Å²) in [6.07, 6.45) is 8.47. The molecule has 0 amide bonds. The first-order valence-corrected chi connectivity index (χ1v) is 7.01. The molecule has 0 spiro atoms. The standard InChI is InChI=1S/C14H20N4/c1-16-13-8-4-5-9-14(13)18-17-12-7-3-2-6-11(12)10-15/h11-14H,2-9H2. The van der Waals surface area contributed by atoms with Gasteiger partial charge in [-0.05, 0) is 25.7 Å². The Balaban J connectivity index is 1.96. The number of hydrogen-bond donors (Lipinski definition) is 0. The molecule has 0 aliphatic heterocycles. The molecule has 0 heterocycles. The largest absolute Gasteiger partial charge is 0.311 e. The smallest absolute Gasteiger partial charge is 0.247 e. The van der Waals surface area contributed by atoms with E-state index in [9.17, 15) is 0 Å². The second-order valence-corrected chi connectivity index (χ2v) is 5.37. The monoisotopic (exact) mass is 244 g/mol. The van der Waals surface area contributed by atoms with Crippen LogP contribution in [0.5, 0.6) is 0 Å². The molecule has 18 heavy (non-hydrogen) atoms. The molecule has 0 radical (unpaired) electrons. The summed E-state index contributed by atoms with van der Waals surface area (Å²) in [7, 11) is 0. The van der Waals surface area contributed by atoms with E-state index in [2.05, 4.69) is 21.1 Å². The summed E-state index contributed by atoms with van der Waals surface area (Å²) in [6, 6.07) is 2.53. The van der Waals surface area contributed by atoms with Crippen molar-refractivity contribution in [3.8, 4) is 6.07 Å². The zero-order valence-corrected chi connectivity index (χ0v) is 10.8. The molecule has 4 unspecified atom stereocenters. The number of nitriles is 1. The van der Waals surface area contributed by atoms with Gasteiger partial charge in [-0.3, -0.25) is 0 Å². The number of nitrogens with zero attached hydrogens (tertiary/aromatic N) is 4. The predicted octanol–water partition coefficient (Wildman–Crippen LogP) is 3.75. The number of rotatable bonds is 2. The van der Waals surface area contributed by atoms with Crippen molar-refractivity contribution in [3.63, 3.8) is 0 Å². The van der Waals surface area contributed by atoms with Crippen molar-refractivity contribution in [1.82, 2.24) is 0 Å². The van der Waals surface area contributed by atoms with Gasteiger partial charge in [0.15, 0.2) is 0 Å². The van der Waals surface area contributed by atoms with Gasteiger partial charge in [-0.25, -0.2) is 6.57 Å². The molecule has 2 saturated carbocycles. The van der Waals surface area contributed by atoms with Crippen molar-refractivity contribution in [2.45, 2.75) is 69.5 Å². The first-order chi connectivity index (χ1) is 8.85. The quantitative estimate of drug-likeness (QED) is 0.539. The average Bonchev–Trinajstić information content (AvgIpc) is 2.45. The van der Waals surface area contributed by atoms with Crippen molar-refractivity contribution in [2.24, 2.45) is 16.1 Å². The zero-order chi connectivity index (χ0) is 12.8. The molecule has 0 bridgehead atoms. The van der Waals surface area contributed by atoms with E-state index in [1.165, 1.54) is 0 Å². The topological polar surface area (TPSA) is 52.9 Å². The van der Waals surface area contributed by atoms with Crippen molar-refractivity contribution < 1.29 is 0 Å². The lowest BCUT2D eigenvalue weighted by atomic mass is 9.86. The van der Waals surface area contributed by atoms with Gasteiger partial charge in [0.2, 0.25) is 6.04 Å². The third-order valence-corrected chi connectivity index (χ3v) is 4.12. The zero-order valence-electron chi connectivity index (χ0n) is 10.8. The Morgan fingerprint density at radius 3 is 2.28 bits per heavy atom. The van der Waals surface area contributed by atoms with Crippen LogP contribution in [0.1, 0.15) is 51.4 Å². The van der Waals surface area contributed by atoms with E-state index < -0.39 is 0 Å². The van der Waals surface area contributed by atoms with Gasteiger partial charge in [-0.1, -0.05) is 19.3 Å². The van der Waals surface area contributed by atoms with E-state index >= 15 is 0 Å². The third kappa shape index (κ3) is 3.07. The minimum Gasteiger partial charge on any atom is -0.311 e. The van der Waals surface area contributed by atoms with Gasteiger partial charge in [0, 0.05) is 6.42 Å². The highest BCUT2D eigenvalue weighted by Crippen LogP contribution is 2.29. The molecule has 2 aliphatic carbocycles. The van der Waals surface area contributed by atoms with E-state index in [-0.39, 0.29) is 24.0 Å². The second kappa shape index (κ2) is 6.50. The molecule has 2 aliphatic rings. The summed E-state index contributed by atoms with van der Waals surface area (Å²) in [5.41, 5.74) is 0. The van der Waals surface area contributed by atoms with Gasteiger partial charge >= 0.3 is 0 Å². The Morgan fingerprint density at radius 2 is 1.56 bits per heavy atom. The lowest BCUT2D eigenvalue weighted by molar-refractivity contribution is 0.341. The van der Waals surface area contributed by atoms with Crippen LogP contribution in [0.15, 0.2) is 10.2 Å². The predicted molar refractivity (Wildman–Crippen MR) is 68.9 cm³/mol. The molecular formula is C14H20N4. The Hall–Kier alpha value is -1.42. The highest BCUT2D eigenvalue weighted by atomic mass is 15.2. The van der Waals surface area contributed by atoms with Gasteiger partial charge in [0.05, 0.1) is 18.0 Å². The summed E-state index contributed by atoms with van der Waals surface area (Å²) >= 11 is 0. The Morgan fingerprint density at radius 1 is 0.944 bits per heavy atom. The van der Waals surface area contributed by atoms with Crippen LogP contribution in [0.4, 0.5) is 0 Å². The summed E-state index contributed by atoms with van der Waals surface area (Å²) in [4.78, 5) is 3.66. The Bertz CT molecular complexity index is 340. The van der Waals surface area contributed by atoms with Gasteiger partial charge in [0.25, 0.3) is 0 Å². The van der Waals surface area contributed by atoms with E-state index in [1.54, 1.807) is 0 Å². The molecule has 4 heteroatoms. The van der Waals surface area contributed by atoms with Crippen molar-refractivity contribution in [3.05, 3.63) is 11.4 Å². The van der Waals surface area contributed by atoms with Gasteiger partial charge in [-0.2, -0.15) is 15.5 Å². The maximum absolute atomic E-state index is 9.10. The number of hydrogen-bond acceptors (Lipinski definition) is 3. The van der Waals surface area contributed by atoms with Crippen LogP contribution in [-0.2, 0) is 0 Å². The van der Waals surface area contributed by atoms with Crippen molar-refractivity contribution >= 4 is 0 Å². The Kier molecular flexibility index (Phi) is 4.70. The van der Waals surface area contributed by atoms with Gasteiger partial charge in [0.1, 0.15) is 6.04 Å². The summed E-state index contributed by atoms with van der Waals surface area (Å²) < 4.78 is 0. The van der Waals surface area contributed by atoms with Crippen LogP contribution in [0.25, 0.3) is 4.85 Å². The molecule has 4 atom stereocenters. The fraction of sp³-hybridized carbons (Fsp3) is 0.857. The highest BCUT2D eigenvalue weighted by molar-refractivity contribution is 4.96. The van der Waals surface area contributed by atoms with E-state index in [0.717, 1.165) is 51.4 Å². The van der Waals surface area contributed by atoms with E-state index in [1.807, 2.05) is 0 Å². The third-order valence-electron chi connectivity index (χ3n) is 4.12. The average molecular weight is 244 g/mol. The molecular weight excluding hydrogens is 224 g/mol. The summed E-state index contributed by atoms with van der Waals surface area (Å²) in [5.74, 6) is 0.0393. The van der Waals surface area contributed by atoms with Crippen LogP contribution < -0.4 is 0 Å². The maximum Gasteiger partial charge on any atom is 0.247 e. The molecule has 0 aromatic heterocycles. The minimum atomic E-state index is 0.0200. The second-order valence-electron chi connectivity index (χ2n) is 5.37. The molecule has 2 rings (SSSR count). The Labute approximate surface area is 109 Å². The van der Waals surface area contributed by atoms with Crippen LogP contribution >= 0.6 is 0 Å². The lowest BCUT2D eigenvalue weighted by Gasteiger charge is -2.24. The lowest BCUT2D eigenvalue weighted by Crippen LogP contribution is -2.26. The number of azo groups is 1. The van der Waals surface area contributed by atoms with E-state index in [4.69, 9.17) is 11.8 Å². The summed E-state index contributed by atoms with van der Waals surface area (Å²) in [5, 5.41) is 17.9. The maximum atomic E-state index is 9.10. The minimum absolute atomic E-state index is 0.0200. The van der Waals surface area contributed by atoms with E-state index in [0.29, 0.717) is 0 Å². The highest BCUT2D eigenvalue weighted by Gasteiger charge is 2.31. The first-order valence-electron chi connectivity index (χ1n) is 7.01. The van der Waals surface area contributed by atoms with Crippen LogP contribution in [0, 0.1) is 23.8 Å². The first kappa shape index (κ1) is 13.0. The van der Waals surface area contributed by atoms with Crippen molar-refractivity contribution in [1.29, 1.82) is 5.26 Å².